The van der Waals surface area contributed by atoms with Gasteiger partial charge < -0.3 is 25.7 Å². The van der Waals surface area contributed by atoms with Gasteiger partial charge in [0.2, 0.25) is 5.91 Å². The highest BCUT2D eigenvalue weighted by atomic mass is 19.4. The second-order valence-electron chi connectivity index (χ2n) is 8.63. The monoisotopic (exact) mass is 552 g/mol. The number of carboxylic acid groups (broad SMARTS) is 2. The topological polar surface area (TPSA) is 139 Å². The highest BCUT2D eigenvalue weighted by molar-refractivity contribution is 6.06. The van der Waals surface area contributed by atoms with E-state index in [0.29, 0.717) is 50.5 Å². The van der Waals surface area contributed by atoms with Crippen molar-refractivity contribution in [1.82, 2.24) is 10.2 Å². The molecule has 212 valence electrons. The maximum atomic E-state index is 12.7. The van der Waals surface area contributed by atoms with E-state index in [1.807, 2.05) is 6.07 Å². The molecule has 0 spiro atoms. The van der Waals surface area contributed by atoms with Gasteiger partial charge in [-0.25, -0.2) is 9.59 Å². The molecule has 1 aliphatic rings. The van der Waals surface area contributed by atoms with Crippen LogP contribution < -0.4 is 15.5 Å². The highest BCUT2D eigenvalue weighted by Gasteiger charge is 2.38. The van der Waals surface area contributed by atoms with Gasteiger partial charge in [0.25, 0.3) is 5.91 Å². The molecule has 0 atom stereocenters. The molecule has 0 aromatic heterocycles. The van der Waals surface area contributed by atoms with Gasteiger partial charge in [-0.2, -0.15) is 13.2 Å². The van der Waals surface area contributed by atoms with Crippen LogP contribution in [0.1, 0.15) is 40.5 Å². The molecular weight excluding hydrogens is 521 g/mol. The van der Waals surface area contributed by atoms with Crippen LogP contribution in [-0.4, -0.2) is 84.3 Å². The molecule has 0 bridgehead atoms. The van der Waals surface area contributed by atoms with Crippen molar-refractivity contribution in [2.24, 2.45) is 0 Å². The summed E-state index contributed by atoms with van der Waals surface area (Å²) in [5.41, 5.74) is 1.84. The Morgan fingerprint density at radius 2 is 1.54 bits per heavy atom. The molecule has 0 saturated carbocycles. The Balaban J connectivity index is 0.000000673. The standard InChI is InChI=1S/C24H30N4O4.C2HF3O2/c1-2-3-11-25-22(29)17-27-12-14-28(15-13-27)21-10-9-19(24(31)32)16-20(21)26-23(30)18-7-5-4-6-8-18;3-2(4,5)1(6)7/h4-10,16H,2-3,11-15,17H2,1H3,(H,25,29)(H,26,30)(H,31,32);(H,6,7). The van der Waals surface area contributed by atoms with E-state index in [1.54, 1.807) is 36.4 Å². The predicted molar refractivity (Wildman–Crippen MR) is 138 cm³/mol. The molecule has 2 aromatic carbocycles. The van der Waals surface area contributed by atoms with E-state index in [2.05, 4.69) is 27.4 Å². The number of aromatic carboxylic acids is 1. The summed E-state index contributed by atoms with van der Waals surface area (Å²) in [7, 11) is 0. The summed E-state index contributed by atoms with van der Waals surface area (Å²) >= 11 is 0. The second kappa shape index (κ2) is 14.7. The number of anilines is 2. The number of nitrogens with zero attached hydrogens (tertiary/aromatic N) is 2. The van der Waals surface area contributed by atoms with Crippen molar-refractivity contribution >= 4 is 35.1 Å². The number of nitrogens with one attached hydrogen (secondary N) is 2. The fourth-order valence-electron chi connectivity index (χ4n) is 3.64. The minimum Gasteiger partial charge on any atom is -0.478 e. The summed E-state index contributed by atoms with van der Waals surface area (Å²) in [6.07, 6.45) is -3.06. The van der Waals surface area contributed by atoms with Gasteiger partial charge in [0.15, 0.2) is 0 Å². The number of piperazine rings is 1. The van der Waals surface area contributed by atoms with Gasteiger partial charge in [0, 0.05) is 38.3 Å². The molecule has 0 radical (unpaired) electrons. The number of amides is 2. The molecule has 39 heavy (non-hydrogen) atoms. The van der Waals surface area contributed by atoms with E-state index in [9.17, 15) is 32.7 Å². The van der Waals surface area contributed by atoms with E-state index in [0.717, 1.165) is 18.5 Å². The number of unbranched alkanes of at least 4 members (excludes halogenated alkanes) is 1. The number of carbonyl (C=O) groups excluding carboxylic acids is 2. The average Bonchev–Trinajstić information content (AvgIpc) is 2.89. The summed E-state index contributed by atoms with van der Waals surface area (Å²) in [5, 5.41) is 22.3. The molecule has 3 rings (SSSR count). The zero-order chi connectivity index (χ0) is 29.0. The number of hydrogen-bond acceptors (Lipinski definition) is 6. The molecule has 13 heteroatoms. The first-order chi connectivity index (χ1) is 18.4. The van der Waals surface area contributed by atoms with Crippen molar-refractivity contribution in [2.45, 2.75) is 25.9 Å². The number of carbonyl (C=O) groups is 4. The lowest BCUT2D eigenvalue weighted by atomic mass is 10.1. The summed E-state index contributed by atoms with van der Waals surface area (Å²) in [4.78, 5) is 49.3. The Labute approximate surface area is 223 Å². The first-order valence-electron chi connectivity index (χ1n) is 12.2. The number of rotatable bonds is 9. The minimum atomic E-state index is -5.08. The Bertz CT molecular complexity index is 1140. The van der Waals surface area contributed by atoms with Gasteiger partial charge in [-0.1, -0.05) is 31.5 Å². The van der Waals surface area contributed by atoms with Gasteiger partial charge in [-0.15, -0.1) is 0 Å². The van der Waals surface area contributed by atoms with Gasteiger partial charge >= 0.3 is 18.1 Å². The summed E-state index contributed by atoms with van der Waals surface area (Å²) < 4.78 is 31.7. The fraction of sp³-hybridized carbons (Fsp3) is 0.385. The minimum absolute atomic E-state index is 0.0357. The molecule has 1 heterocycles. The van der Waals surface area contributed by atoms with Crippen molar-refractivity contribution in [3.8, 4) is 0 Å². The normalized spacial score (nSPS) is 13.6. The number of benzene rings is 2. The Morgan fingerprint density at radius 3 is 2.08 bits per heavy atom. The summed E-state index contributed by atoms with van der Waals surface area (Å²) in [6, 6.07) is 13.6. The lowest BCUT2D eigenvalue weighted by Gasteiger charge is -2.36. The van der Waals surface area contributed by atoms with Crippen LogP contribution in [0.5, 0.6) is 0 Å². The number of aliphatic carboxylic acids is 1. The van der Waals surface area contributed by atoms with Crippen LogP contribution in [0.3, 0.4) is 0 Å². The first kappa shape index (κ1) is 31.1. The van der Waals surface area contributed by atoms with Crippen LogP contribution in [0.15, 0.2) is 48.5 Å². The van der Waals surface area contributed by atoms with Crippen LogP contribution in [0, 0.1) is 0 Å². The molecule has 4 N–H and O–H groups in total. The maximum Gasteiger partial charge on any atom is 0.490 e. The lowest BCUT2D eigenvalue weighted by molar-refractivity contribution is -0.192. The highest BCUT2D eigenvalue weighted by Crippen LogP contribution is 2.29. The van der Waals surface area contributed by atoms with Crippen molar-refractivity contribution in [3.05, 3.63) is 59.7 Å². The van der Waals surface area contributed by atoms with Crippen molar-refractivity contribution in [1.29, 1.82) is 0 Å². The molecular formula is C26H31F3N4O6. The lowest BCUT2D eigenvalue weighted by Crippen LogP contribution is -2.49. The molecule has 0 aliphatic carbocycles. The quantitative estimate of drug-likeness (QED) is 0.348. The number of hydrogen-bond donors (Lipinski definition) is 4. The smallest absolute Gasteiger partial charge is 0.478 e. The second-order valence-corrected chi connectivity index (χ2v) is 8.63. The summed E-state index contributed by atoms with van der Waals surface area (Å²) in [5.74, 6) is -4.07. The third kappa shape index (κ3) is 10.3. The molecule has 0 unspecified atom stereocenters. The Hall–Kier alpha value is -4.13. The van der Waals surface area contributed by atoms with Gasteiger partial charge in [0.05, 0.1) is 23.5 Å². The predicted octanol–water partition coefficient (Wildman–Crippen LogP) is 3.31. The number of alkyl halides is 3. The third-order valence-corrected chi connectivity index (χ3v) is 5.70. The SMILES string of the molecule is CCCCNC(=O)CN1CCN(c2ccc(C(=O)O)cc2NC(=O)c2ccccc2)CC1.O=C(O)C(F)(F)F. The fourth-order valence-corrected chi connectivity index (χ4v) is 3.64. The molecule has 10 nitrogen and oxygen atoms in total. The zero-order valence-corrected chi connectivity index (χ0v) is 21.3. The Kier molecular flexibility index (Phi) is 11.7. The van der Waals surface area contributed by atoms with Gasteiger partial charge in [0.1, 0.15) is 0 Å². The van der Waals surface area contributed by atoms with Crippen LogP contribution in [-0.2, 0) is 9.59 Å². The number of carboxylic acids is 2. The zero-order valence-electron chi connectivity index (χ0n) is 21.3. The van der Waals surface area contributed by atoms with E-state index in [-0.39, 0.29) is 17.4 Å². The van der Waals surface area contributed by atoms with Crippen LogP contribution in [0.25, 0.3) is 0 Å². The van der Waals surface area contributed by atoms with E-state index in [1.165, 1.54) is 6.07 Å². The van der Waals surface area contributed by atoms with Gasteiger partial charge in [-0.3, -0.25) is 14.5 Å². The number of halogens is 3. The van der Waals surface area contributed by atoms with Crippen molar-refractivity contribution in [2.75, 3.05) is 49.5 Å². The molecule has 1 saturated heterocycles. The molecule has 1 fully saturated rings. The van der Waals surface area contributed by atoms with Crippen molar-refractivity contribution in [3.63, 3.8) is 0 Å². The van der Waals surface area contributed by atoms with Crippen LogP contribution >= 0.6 is 0 Å². The Morgan fingerprint density at radius 1 is 0.923 bits per heavy atom. The largest absolute Gasteiger partial charge is 0.490 e. The first-order valence-corrected chi connectivity index (χ1v) is 12.2. The molecule has 1 aliphatic heterocycles. The van der Waals surface area contributed by atoms with Crippen LogP contribution in [0.4, 0.5) is 24.5 Å². The molecule has 2 amide bonds. The van der Waals surface area contributed by atoms with Crippen molar-refractivity contribution < 1.29 is 42.6 Å². The third-order valence-electron chi connectivity index (χ3n) is 5.70. The summed E-state index contributed by atoms with van der Waals surface area (Å²) in [6.45, 7) is 5.90. The molecule has 2 aromatic rings. The van der Waals surface area contributed by atoms with Crippen LogP contribution in [0.2, 0.25) is 0 Å². The average molecular weight is 553 g/mol. The van der Waals surface area contributed by atoms with E-state index < -0.39 is 18.1 Å². The maximum absolute atomic E-state index is 12.7. The van der Waals surface area contributed by atoms with E-state index >= 15 is 0 Å². The van der Waals surface area contributed by atoms with Gasteiger partial charge in [-0.05, 0) is 36.8 Å². The van der Waals surface area contributed by atoms with E-state index in [4.69, 9.17) is 9.90 Å².